The molecule has 1 fully saturated rings. The Morgan fingerprint density at radius 2 is 2.23 bits per heavy atom. The van der Waals surface area contributed by atoms with E-state index in [1.165, 1.54) is 18.9 Å². The summed E-state index contributed by atoms with van der Waals surface area (Å²) in [4.78, 5) is 0. The molecule has 66 valence electrons. The summed E-state index contributed by atoms with van der Waals surface area (Å²) in [5.74, 6) is 0.568. The standard InChI is InChI=1S/C10H10BFO/c11-8-3-4-10(9(12)5-8)13-6-7-1-2-7/h3-5,7H,1-2,6H2. The largest absolute Gasteiger partial charge is 0.490 e. The third-order valence-electron chi connectivity index (χ3n) is 2.13. The fourth-order valence-corrected chi connectivity index (χ4v) is 1.13. The van der Waals surface area contributed by atoms with Crippen LogP contribution in [0.3, 0.4) is 0 Å². The molecule has 3 heteroatoms. The van der Waals surface area contributed by atoms with E-state index in [9.17, 15) is 4.39 Å². The average molecular weight is 176 g/mol. The predicted molar refractivity (Wildman–Crippen MR) is 50.0 cm³/mol. The second kappa shape index (κ2) is 3.40. The molecule has 2 radical (unpaired) electrons. The predicted octanol–water partition coefficient (Wildman–Crippen LogP) is 1.41. The van der Waals surface area contributed by atoms with Crippen molar-refractivity contribution in [1.82, 2.24) is 0 Å². The van der Waals surface area contributed by atoms with Crippen LogP contribution in [0.2, 0.25) is 0 Å². The SMILES string of the molecule is [B]c1ccc(OCC2CC2)c(F)c1. The highest BCUT2D eigenvalue weighted by molar-refractivity contribution is 6.32. The van der Waals surface area contributed by atoms with Crippen molar-refractivity contribution in [2.24, 2.45) is 5.92 Å². The van der Waals surface area contributed by atoms with Gasteiger partial charge in [-0.2, -0.15) is 0 Å². The van der Waals surface area contributed by atoms with Crippen LogP contribution in [-0.4, -0.2) is 14.5 Å². The molecular formula is C10H10BFO. The molecule has 0 aliphatic heterocycles. The zero-order chi connectivity index (χ0) is 9.26. The molecule has 1 aromatic carbocycles. The molecular weight excluding hydrogens is 166 g/mol. The van der Waals surface area contributed by atoms with Crippen molar-refractivity contribution < 1.29 is 9.13 Å². The first-order valence-electron chi connectivity index (χ1n) is 4.43. The molecule has 0 aromatic heterocycles. The minimum Gasteiger partial charge on any atom is -0.490 e. The molecule has 1 aliphatic rings. The van der Waals surface area contributed by atoms with Gasteiger partial charge in [-0.05, 0) is 30.9 Å². The van der Waals surface area contributed by atoms with Crippen molar-refractivity contribution in [1.29, 1.82) is 0 Å². The van der Waals surface area contributed by atoms with Crippen molar-refractivity contribution in [2.75, 3.05) is 6.61 Å². The summed E-state index contributed by atoms with van der Waals surface area (Å²) in [6.45, 7) is 0.626. The zero-order valence-electron chi connectivity index (χ0n) is 7.29. The zero-order valence-corrected chi connectivity index (χ0v) is 7.29. The highest BCUT2D eigenvalue weighted by atomic mass is 19.1. The molecule has 0 amide bonds. The van der Waals surface area contributed by atoms with Crippen LogP contribution in [0.15, 0.2) is 18.2 Å². The summed E-state index contributed by atoms with van der Waals surface area (Å²) < 4.78 is 18.4. The molecule has 2 rings (SSSR count). The van der Waals surface area contributed by atoms with Crippen molar-refractivity contribution in [3.05, 3.63) is 24.0 Å². The molecule has 0 atom stereocenters. The average Bonchev–Trinajstić information content (AvgIpc) is 2.86. The topological polar surface area (TPSA) is 9.23 Å². The summed E-state index contributed by atoms with van der Waals surface area (Å²) in [7, 11) is 5.40. The van der Waals surface area contributed by atoms with Gasteiger partial charge in [-0.3, -0.25) is 0 Å². The van der Waals surface area contributed by atoms with Gasteiger partial charge in [0.15, 0.2) is 11.6 Å². The van der Waals surface area contributed by atoms with E-state index in [1.54, 1.807) is 12.1 Å². The van der Waals surface area contributed by atoms with E-state index in [4.69, 9.17) is 12.6 Å². The van der Waals surface area contributed by atoms with Crippen LogP contribution in [-0.2, 0) is 0 Å². The Bertz CT molecular complexity index is 310. The number of hydrogen-bond donors (Lipinski definition) is 0. The van der Waals surface area contributed by atoms with Gasteiger partial charge in [-0.1, -0.05) is 11.5 Å². The fourth-order valence-electron chi connectivity index (χ4n) is 1.13. The van der Waals surface area contributed by atoms with E-state index in [0.717, 1.165) is 0 Å². The van der Waals surface area contributed by atoms with Gasteiger partial charge in [0.1, 0.15) is 7.85 Å². The van der Waals surface area contributed by atoms with Gasteiger partial charge in [0.25, 0.3) is 0 Å². The highest BCUT2D eigenvalue weighted by Gasteiger charge is 2.22. The van der Waals surface area contributed by atoms with E-state index in [0.29, 0.717) is 23.7 Å². The summed E-state index contributed by atoms with van der Waals surface area (Å²) in [5.41, 5.74) is 0.427. The van der Waals surface area contributed by atoms with Crippen LogP contribution in [0.25, 0.3) is 0 Å². The maximum atomic E-state index is 13.1. The molecule has 0 bridgehead atoms. The second-order valence-electron chi connectivity index (χ2n) is 3.44. The molecule has 13 heavy (non-hydrogen) atoms. The van der Waals surface area contributed by atoms with E-state index in [2.05, 4.69) is 0 Å². The number of hydrogen-bond acceptors (Lipinski definition) is 1. The Morgan fingerprint density at radius 1 is 1.46 bits per heavy atom. The lowest BCUT2D eigenvalue weighted by Gasteiger charge is -2.06. The fraction of sp³-hybridized carbons (Fsp3) is 0.400. The van der Waals surface area contributed by atoms with Crippen LogP contribution in [0.5, 0.6) is 5.75 Å². The van der Waals surface area contributed by atoms with Gasteiger partial charge in [-0.15, -0.1) is 0 Å². The van der Waals surface area contributed by atoms with Gasteiger partial charge < -0.3 is 4.74 Å². The van der Waals surface area contributed by atoms with Gasteiger partial charge >= 0.3 is 0 Å². The third kappa shape index (κ3) is 2.23. The quantitative estimate of drug-likeness (QED) is 0.632. The molecule has 0 N–H and O–H groups in total. The van der Waals surface area contributed by atoms with Gasteiger partial charge in [0.2, 0.25) is 0 Å². The van der Waals surface area contributed by atoms with E-state index >= 15 is 0 Å². The first-order chi connectivity index (χ1) is 6.25. The lowest BCUT2D eigenvalue weighted by Crippen LogP contribution is -2.06. The highest BCUT2D eigenvalue weighted by Crippen LogP contribution is 2.29. The lowest BCUT2D eigenvalue weighted by molar-refractivity contribution is 0.285. The van der Waals surface area contributed by atoms with Crippen molar-refractivity contribution >= 4 is 13.3 Å². The van der Waals surface area contributed by atoms with Crippen LogP contribution < -0.4 is 10.2 Å². The van der Waals surface area contributed by atoms with Gasteiger partial charge in [0, 0.05) is 0 Å². The normalized spacial score (nSPS) is 15.8. The van der Waals surface area contributed by atoms with Crippen LogP contribution in [0.1, 0.15) is 12.8 Å². The monoisotopic (exact) mass is 176 g/mol. The number of halogens is 1. The van der Waals surface area contributed by atoms with Crippen molar-refractivity contribution in [3.63, 3.8) is 0 Å². The molecule has 0 saturated heterocycles. The van der Waals surface area contributed by atoms with Gasteiger partial charge in [-0.25, -0.2) is 4.39 Å². The second-order valence-corrected chi connectivity index (χ2v) is 3.44. The van der Waals surface area contributed by atoms with Crippen molar-refractivity contribution in [3.8, 4) is 5.75 Å². The number of ether oxygens (including phenoxy) is 1. The molecule has 0 spiro atoms. The van der Waals surface area contributed by atoms with Crippen LogP contribution in [0, 0.1) is 11.7 Å². The number of benzene rings is 1. The minimum atomic E-state index is -0.374. The summed E-state index contributed by atoms with van der Waals surface area (Å²) in [5, 5.41) is 0. The summed E-state index contributed by atoms with van der Waals surface area (Å²) >= 11 is 0. The summed E-state index contributed by atoms with van der Waals surface area (Å²) in [6, 6.07) is 4.50. The Morgan fingerprint density at radius 3 is 2.85 bits per heavy atom. The third-order valence-corrected chi connectivity index (χ3v) is 2.13. The Hall–Kier alpha value is -0.985. The molecule has 0 unspecified atom stereocenters. The minimum absolute atomic E-state index is 0.307. The number of rotatable bonds is 3. The molecule has 1 aliphatic carbocycles. The maximum absolute atomic E-state index is 13.1. The molecule has 1 aromatic rings. The van der Waals surface area contributed by atoms with Crippen LogP contribution >= 0.6 is 0 Å². The lowest BCUT2D eigenvalue weighted by atomic mass is 9.96. The first-order valence-corrected chi connectivity index (χ1v) is 4.43. The van der Waals surface area contributed by atoms with E-state index in [1.807, 2.05) is 0 Å². The molecule has 1 nitrogen and oxygen atoms in total. The van der Waals surface area contributed by atoms with Crippen molar-refractivity contribution in [2.45, 2.75) is 12.8 Å². The Balaban J connectivity index is 2.01. The van der Waals surface area contributed by atoms with Gasteiger partial charge in [0.05, 0.1) is 6.61 Å². The smallest absolute Gasteiger partial charge is 0.164 e. The Kier molecular flexibility index (Phi) is 2.25. The molecule has 0 heterocycles. The maximum Gasteiger partial charge on any atom is 0.164 e. The first kappa shape index (κ1) is 8.61. The molecule has 1 saturated carbocycles. The Labute approximate surface area is 78.3 Å². The van der Waals surface area contributed by atoms with E-state index in [-0.39, 0.29) is 5.82 Å². The summed E-state index contributed by atoms with van der Waals surface area (Å²) in [6.07, 6.45) is 2.41. The van der Waals surface area contributed by atoms with Crippen LogP contribution in [0.4, 0.5) is 4.39 Å². The van der Waals surface area contributed by atoms with E-state index < -0.39 is 0 Å².